The summed E-state index contributed by atoms with van der Waals surface area (Å²) >= 11 is 1.48. The van der Waals surface area contributed by atoms with Crippen LogP contribution in [-0.4, -0.2) is 29.6 Å². The van der Waals surface area contributed by atoms with Crippen LogP contribution in [0, 0.1) is 13.8 Å². The first-order valence-electron chi connectivity index (χ1n) is 5.70. The van der Waals surface area contributed by atoms with Crippen LogP contribution in [0.4, 0.5) is 5.13 Å². The third-order valence-electron chi connectivity index (χ3n) is 2.92. The van der Waals surface area contributed by atoms with Crippen molar-refractivity contribution in [3.63, 3.8) is 0 Å². The third-order valence-corrected chi connectivity index (χ3v) is 3.91. The Morgan fingerprint density at radius 1 is 1.56 bits per heavy atom. The fourth-order valence-electron chi connectivity index (χ4n) is 1.78. The van der Waals surface area contributed by atoms with Gasteiger partial charge in [-0.15, -0.1) is 23.7 Å². The van der Waals surface area contributed by atoms with Crippen molar-refractivity contribution >= 4 is 34.8 Å². The number of anilines is 1. The summed E-state index contributed by atoms with van der Waals surface area (Å²) in [6.45, 7) is 4.39. The van der Waals surface area contributed by atoms with Crippen LogP contribution in [0.1, 0.15) is 23.4 Å². The predicted octanol–water partition coefficient (Wildman–Crippen LogP) is 1.63. The lowest BCUT2D eigenvalue weighted by Crippen LogP contribution is -2.29. The number of ether oxygens (including phenoxy) is 1. The van der Waals surface area contributed by atoms with E-state index in [9.17, 15) is 4.79 Å². The van der Waals surface area contributed by atoms with Crippen LogP contribution in [0.3, 0.4) is 0 Å². The van der Waals surface area contributed by atoms with Gasteiger partial charge in [0.05, 0.1) is 11.8 Å². The monoisotopic (exact) mass is 291 g/mol. The molecule has 18 heavy (non-hydrogen) atoms. The zero-order valence-electron chi connectivity index (χ0n) is 10.4. The molecule has 0 aliphatic carbocycles. The minimum Gasteiger partial charge on any atom is -0.364 e. The Kier molecular flexibility index (Phi) is 5.52. The van der Waals surface area contributed by atoms with Crippen molar-refractivity contribution in [1.29, 1.82) is 0 Å². The maximum Gasteiger partial charge on any atom is 0.255 e. The van der Waals surface area contributed by atoms with Crippen LogP contribution < -0.4 is 11.1 Å². The summed E-state index contributed by atoms with van der Waals surface area (Å²) in [5.74, 6) is -0.116. The summed E-state index contributed by atoms with van der Waals surface area (Å²) in [7, 11) is 0. The van der Waals surface area contributed by atoms with Crippen LogP contribution in [-0.2, 0) is 9.53 Å². The number of rotatable bonds is 3. The highest BCUT2D eigenvalue weighted by Crippen LogP contribution is 2.24. The van der Waals surface area contributed by atoms with Gasteiger partial charge in [-0.2, -0.15) is 0 Å². The normalized spacial score (nSPS) is 22.6. The number of hydrogen-bond donors (Lipinski definition) is 2. The van der Waals surface area contributed by atoms with E-state index in [1.807, 2.05) is 13.8 Å². The number of halogens is 1. The molecule has 2 heterocycles. The van der Waals surface area contributed by atoms with E-state index in [2.05, 4.69) is 10.3 Å². The SMILES string of the molecule is Cc1nc(NC(=O)[C@@H]2CC[C@H](CN)O2)sc1C.Cl. The second-order valence-corrected chi connectivity index (χ2v) is 5.41. The van der Waals surface area contributed by atoms with Crippen molar-refractivity contribution < 1.29 is 9.53 Å². The Hall–Kier alpha value is -0.690. The van der Waals surface area contributed by atoms with Gasteiger partial charge < -0.3 is 10.5 Å². The first-order chi connectivity index (χ1) is 8.10. The number of thiazole rings is 1. The van der Waals surface area contributed by atoms with E-state index in [0.717, 1.165) is 23.4 Å². The Morgan fingerprint density at radius 3 is 2.78 bits per heavy atom. The van der Waals surface area contributed by atoms with E-state index in [-0.39, 0.29) is 30.5 Å². The lowest BCUT2D eigenvalue weighted by atomic mass is 10.2. The first kappa shape index (κ1) is 15.4. The highest BCUT2D eigenvalue weighted by atomic mass is 35.5. The summed E-state index contributed by atoms with van der Waals surface area (Å²) in [5, 5.41) is 3.44. The van der Waals surface area contributed by atoms with Crippen molar-refractivity contribution in [3.8, 4) is 0 Å². The molecule has 0 saturated carbocycles. The molecule has 0 radical (unpaired) electrons. The van der Waals surface area contributed by atoms with E-state index in [0.29, 0.717) is 11.7 Å². The molecule has 1 aromatic rings. The Balaban J connectivity index is 0.00000162. The molecule has 2 rings (SSSR count). The molecule has 1 aliphatic heterocycles. The van der Waals surface area contributed by atoms with E-state index in [4.69, 9.17) is 10.5 Å². The molecular formula is C11H18ClN3O2S. The van der Waals surface area contributed by atoms with Gasteiger partial charge in [0, 0.05) is 11.4 Å². The number of nitrogens with one attached hydrogen (secondary N) is 1. The standard InChI is InChI=1S/C11H17N3O2S.ClH/c1-6-7(2)17-11(13-6)14-10(15)9-4-3-8(5-12)16-9;/h8-9H,3-5,12H2,1-2H3,(H,13,14,15);1H/t8-,9+;/m1./s1. The van der Waals surface area contributed by atoms with Gasteiger partial charge in [-0.05, 0) is 26.7 Å². The molecule has 0 spiro atoms. The van der Waals surface area contributed by atoms with Gasteiger partial charge in [-0.3, -0.25) is 10.1 Å². The molecule has 5 nitrogen and oxygen atoms in total. The van der Waals surface area contributed by atoms with Crippen LogP contribution >= 0.6 is 23.7 Å². The Bertz CT molecular complexity index is 405. The lowest BCUT2D eigenvalue weighted by molar-refractivity contribution is -0.126. The molecule has 7 heteroatoms. The molecule has 1 fully saturated rings. The van der Waals surface area contributed by atoms with Crippen LogP contribution in [0.25, 0.3) is 0 Å². The Morgan fingerprint density at radius 2 is 2.28 bits per heavy atom. The van der Waals surface area contributed by atoms with Gasteiger partial charge in [0.1, 0.15) is 6.10 Å². The van der Waals surface area contributed by atoms with E-state index >= 15 is 0 Å². The molecule has 1 aromatic heterocycles. The number of aryl methyl sites for hydroxylation is 2. The van der Waals surface area contributed by atoms with Crippen LogP contribution in [0.5, 0.6) is 0 Å². The van der Waals surface area contributed by atoms with Gasteiger partial charge in [-0.25, -0.2) is 4.98 Å². The topological polar surface area (TPSA) is 77.2 Å². The number of amides is 1. The number of aromatic nitrogens is 1. The van der Waals surface area contributed by atoms with Crippen molar-refractivity contribution in [2.45, 2.75) is 38.9 Å². The van der Waals surface area contributed by atoms with E-state index in [1.54, 1.807) is 0 Å². The third kappa shape index (κ3) is 3.41. The summed E-state index contributed by atoms with van der Waals surface area (Å²) in [5.41, 5.74) is 6.46. The maximum atomic E-state index is 11.9. The molecule has 102 valence electrons. The minimum absolute atomic E-state index is 0. The summed E-state index contributed by atoms with van der Waals surface area (Å²) in [4.78, 5) is 17.3. The fraction of sp³-hybridized carbons (Fsp3) is 0.636. The van der Waals surface area contributed by atoms with Gasteiger partial charge in [-0.1, -0.05) is 0 Å². The zero-order chi connectivity index (χ0) is 12.4. The fourth-order valence-corrected chi connectivity index (χ4v) is 2.60. The second-order valence-electron chi connectivity index (χ2n) is 4.21. The largest absolute Gasteiger partial charge is 0.364 e. The predicted molar refractivity (Wildman–Crippen MR) is 74.4 cm³/mol. The van der Waals surface area contributed by atoms with Crippen molar-refractivity contribution in [1.82, 2.24) is 4.98 Å². The number of hydrogen-bond acceptors (Lipinski definition) is 5. The molecule has 1 saturated heterocycles. The molecule has 0 aromatic carbocycles. The number of nitrogens with two attached hydrogens (primary N) is 1. The van der Waals surface area contributed by atoms with Crippen LogP contribution in [0.15, 0.2) is 0 Å². The van der Waals surface area contributed by atoms with Crippen LogP contribution in [0.2, 0.25) is 0 Å². The highest BCUT2D eigenvalue weighted by molar-refractivity contribution is 7.15. The number of carbonyl (C=O) groups is 1. The molecule has 0 unspecified atom stereocenters. The molecule has 1 aliphatic rings. The molecule has 2 atom stereocenters. The highest BCUT2D eigenvalue weighted by Gasteiger charge is 2.30. The molecular weight excluding hydrogens is 274 g/mol. The summed E-state index contributed by atoms with van der Waals surface area (Å²) in [6, 6.07) is 0. The van der Waals surface area contributed by atoms with Gasteiger partial charge >= 0.3 is 0 Å². The minimum atomic E-state index is -0.381. The van der Waals surface area contributed by atoms with Crippen molar-refractivity contribution in [2.24, 2.45) is 5.73 Å². The first-order valence-corrected chi connectivity index (χ1v) is 6.52. The number of nitrogens with zero attached hydrogens (tertiary/aromatic N) is 1. The van der Waals surface area contributed by atoms with Crippen molar-refractivity contribution in [3.05, 3.63) is 10.6 Å². The smallest absolute Gasteiger partial charge is 0.255 e. The van der Waals surface area contributed by atoms with Crippen molar-refractivity contribution in [2.75, 3.05) is 11.9 Å². The van der Waals surface area contributed by atoms with Gasteiger partial charge in [0.25, 0.3) is 5.91 Å². The Labute approximate surface area is 117 Å². The van der Waals surface area contributed by atoms with E-state index < -0.39 is 0 Å². The average molecular weight is 292 g/mol. The maximum absolute atomic E-state index is 11.9. The van der Waals surface area contributed by atoms with E-state index in [1.165, 1.54) is 11.3 Å². The molecule has 1 amide bonds. The number of carbonyl (C=O) groups excluding carboxylic acids is 1. The van der Waals surface area contributed by atoms with Gasteiger partial charge in [0.2, 0.25) is 0 Å². The average Bonchev–Trinajstić information content (AvgIpc) is 2.87. The zero-order valence-corrected chi connectivity index (χ0v) is 12.1. The molecule has 3 N–H and O–H groups in total. The lowest BCUT2D eigenvalue weighted by Gasteiger charge is -2.11. The summed E-state index contributed by atoms with van der Waals surface area (Å²) < 4.78 is 5.52. The van der Waals surface area contributed by atoms with Gasteiger partial charge in [0.15, 0.2) is 5.13 Å². The second kappa shape index (κ2) is 6.47. The molecule has 0 bridgehead atoms. The summed E-state index contributed by atoms with van der Waals surface area (Å²) in [6.07, 6.45) is 1.22. The quantitative estimate of drug-likeness (QED) is 0.887.